The molecule has 0 fully saturated rings. The maximum absolute atomic E-state index is 13.6. The van der Waals surface area contributed by atoms with Gasteiger partial charge in [0, 0.05) is 11.7 Å². The second-order valence-electron chi connectivity index (χ2n) is 7.08. The van der Waals surface area contributed by atoms with Gasteiger partial charge in [-0.15, -0.1) is 0 Å². The van der Waals surface area contributed by atoms with Crippen molar-refractivity contribution < 1.29 is 18.7 Å². The Morgan fingerprint density at radius 3 is 2.61 bits per heavy atom. The molecule has 3 rings (SSSR count). The zero-order valence-electron chi connectivity index (χ0n) is 16.5. The average molecular weight is 385 g/mol. The summed E-state index contributed by atoms with van der Waals surface area (Å²) in [5.74, 6) is -0.650. The predicted octanol–water partition coefficient (Wildman–Crippen LogP) is 4.51. The molecule has 28 heavy (non-hydrogen) atoms. The zero-order chi connectivity index (χ0) is 20.3. The summed E-state index contributed by atoms with van der Waals surface area (Å²) < 4.78 is 26.0. The highest BCUT2D eigenvalue weighted by Gasteiger charge is 2.20. The fourth-order valence-electron chi connectivity index (χ4n) is 2.81. The van der Waals surface area contributed by atoms with Gasteiger partial charge in [0.1, 0.15) is 13.2 Å². The molecule has 0 saturated carbocycles. The normalized spacial score (nSPS) is 11.4. The minimum atomic E-state index is -0.477. The van der Waals surface area contributed by atoms with Gasteiger partial charge in [-0.05, 0) is 38.0 Å². The van der Waals surface area contributed by atoms with E-state index in [1.807, 2.05) is 27.7 Å². The van der Waals surface area contributed by atoms with Crippen molar-refractivity contribution in [3.63, 3.8) is 0 Å². The molecule has 0 bridgehead atoms. The Labute approximate surface area is 163 Å². The largest absolute Gasteiger partial charge is 0.487 e. The third-order valence-electron chi connectivity index (χ3n) is 4.30. The van der Waals surface area contributed by atoms with Crippen LogP contribution in [-0.4, -0.2) is 33.9 Å². The molecule has 0 aliphatic heterocycles. The first-order valence-electron chi connectivity index (χ1n) is 9.31. The second kappa shape index (κ2) is 8.37. The van der Waals surface area contributed by atoms with Crippen LogP contribution in [-0.2, 0) is 4.74 Å². The number of aromatic nitrogens is 3. The Hall–Kier alpha value is -2.96. The summed E-state index contributed by atoms with van der Waals surface area (Å²) >= 11 is 0. The molecule has 0 N–H and O–H groups in total. The van der Waals surface area contributed by atoms with E-state index in [2.05, 4.69) is 10.1 Å². The third kappa shape index (κ3) is 4.13. The third-order valence-corrected chi connectivity index (χ3v) is 4.30. The highest BCUT2D eigenvalue weighted by atomic mass is 19.1. The van der Waals surface area contributed by atoms with E-state index >= 15 is 0 Å². The van der Waals surface area contributed by atoms with Crippen molar-refractivity contribution in [3.8, 4) is 5.75 Å². The van der Waals surface area contributed by atoms with Crippen LogP contribution in [0.5, 0.6) is 5.75 Å². The van der Waals surface area contributed by atoms with Gasteiger partial charge in [0.25, 0.3) is 0 Å². The molecular weight excluding hydrogens is 361 g/mol. The summed E-state index contributed by atoms with van der Waals surface area (Å²) in [6.07, 6.45) is 1.64. The number of carbonyl (C=O) groups is 1. The molecule has 0 radical (unpaired) electrons. The van der Waals surface area contributed by atoms with Crippen molar-refractivity contribution in [2.45, 2.75) is 39.7 Å². The molecule has 1 aromatic carbocycles. The van der Waals surface area contributed by atoms with Crippen LogP contribution < -0.4 is 4.74 Å². The summed E-state index contributed by atoms with van der Waals surface area (Å²) in [6, 6.07) is 7.97. The number of esters is 1. The standard InChI is InChI=1S/C21H24FN3O3/c1-13(2)18-11-15(16-12-23-25(14(3)4)20(16)24-18)21(26)28-10-9-27-19-8-6-5-7-17(19)22/h5-8,11-14H,9-10H2,1-4H3. The molecule has 0 atom stereocenters. The maximum atomic E-state index is 13.6. The molecule has 0 saturated heterocycles. The van der Waals surface area contributed by atoms with Crippen LogP contribution in [0.2, 0.25) is 0 Å². The van der Waals surface area contributed by atoms with Gasteiger partial charge in [0.15, 0.2) is 17.2 Å². The molecule has 2 aromatic heterocycles. The summed E-state index contributed by atoms with van der Waals surface area (Å²) in [6.45, 7) is 8.11. The number of rotatable bonds is 7. The van der Waals surface area contributed by atoms with E-state index in [0.717, 1.165) is 5.69 Å². The summed E-state index contributed by atoms with van der Waals surface area (Å²) in [4.78, 5) is 17.3. The molecule has 148 valence electrons. The zero-order valence-corrected chi connectivity index (χ0v) is 16.5. The number of halogens is 1. The highest BCUT2D eigenvalue weighted by Crippen LogP contribution is 2.25. The molecule has 0 amide bonds. The fourth-order valence-corrected chi connectivity index (χ4v) is 2.81. The van der Waals surface area contributed by atoms with Gasteiger partial charge in [-0.2, -0.15) is 5.10 Å². The van der Waals surface area contributed by atoms with Crippen molar-refractivity contribution in [3.05, 3.63) is 53.6 Å². The lowest BCUT2D eigenvalue weighted by atomic mass is 10.1. The number of carbonyl (C=O) groups excluding carboxylic acids is 1. The highest BCUT2D eigenvalue weighted by molar-refractivity contribution is 6.02. The van der Waals surface area contributed by atoms with Crippen molar-refractivity contribution in [1.82, 2.24) is 14.8 Å². The molecular formula is C21H24FN3O3. The van der Waals surface area contributed by atoms with Gasteiger partial charge >= 0.3 is 5.97 Å². The van der Waals surface area contributed by atoms with E-state index in [1.165, 1.54) is 12.1 Å². The number of benzene rings is 1. The maximum Gasteiger partial charge on any atom is 0.339 e. The SMILES string of the molecule is CC(C)c1cc(C(=O)OCCOc2ccccc2F)c2cnn(C(C)C)c2n1. The topological polar surface area (TPSA) is 66.2 Å². The van der Waals surface area contributed by atoms with E-state index in [9.17, 15) is 9.18 Å². The summed E-state index contributed by atoms with van der Waals surface area (Å²) in [7, 11) is 0. The lowest BCUT2D eigenvalue weighted by Crippen LogP contribution is -2.14. The molecule has 0 unspecified atom stereocenters. The number of nitrogens with zero attached hydrogens (tertiary/aromatic N) is 3. The number of pyridine rings is 1. The van der Waals surface area contributed by atoms with Crippen LogP contribution in [0.1, 0.15) is 55.7 Å². The predicted molar refractivity (Wildman–Crippen MR) is 104 cm³/mol. The van der Waals surface area contributed by atoms with E-state index < -0.39 is 11.8 Å². The molecule has 0 spiro atoms. The number of hydrogen-bond acceptors (Lipinski definition) is 5. The van der Waals surface area contributed by atoms with Gasteiger partial charge in [-0.1, -0.05) is 26.0 Å². The average Bonchev–Trinajstić information content (AvgIpc) is 3.09. The van der Waals surface area contributed by atoms with Crippen molar-refractivity contribution in [1.29, 1.82) is 0 Å². The minimum absolute atomic E-state index is 0.00626. The smallest absolute Gasteiger partial charge is 0.339 e. The fraction of sp³-hybridized carbons (Fsp3) is 0.381. The quantitative estimate of drug-likeness (QED) is 0.442. The lowest BCUT2D eigenvalue weighted by molar-refractivity contribution is 0.0450. The number of para-hydroxylation sites is 1. The van der Waals surface area contributed by atoms with Crippen LogP contribution in [0.15, 0.2) is 36.5 Å². The van der Waals surface area contributed by atoms with Gasteiger partial charge in [0.2, 0.25) is 0 Å². The van der Waals surface area contributed by atoms with Crippen LogP contribution in [0.3, 0.4) is 0 Å². The minimum Gasteiger partial charge on any atom is -0.487 e. The van der Waals surface area contributed by atoms with Gasteiger partial charge in [-0.25, -0.2) is 18.9 Å². The molecule has 2 heterocycles. The van der Waals surface area contributed by atoms with E-state index in [0.29, 0.717) is 16.6 Å². The van der Waals surface area contributed by atoms with Crippen LogP contribution in [0, 0.1) is 5.82 Å². The number of hydrogen-bond donors (Lipinski definition) is 0. The molecule has 7 heteroatoms. The van der Waals surface area contributed by atoms with Gasteiger partial charge in [0.05, 0.1) is 17.1 Å². The van der Waals surface area contributed by atoms with Crippen molar-refractivity contribution in [2.24, 2.45) is 0 Å². The first-order chi connectivity index (χ1) is 13.4. The van der Waals surface area contributed by atoms with Crippen LogP contribution >= 0.6 is 0 Å². The Balaban J connectivity index is 1.76. The summed E-state index contributed by atoms with van der Waals surface area (Å²) in [5.41, 5.74) is 1.88. The molecule has 0 aliphatic carbocycles. The van der Waals surface area contributed by atoms with Crippen LogP contribution in [0.25, 0.3) is 11.0 Å². The van der Waals surface area contributed by atoms with Gasteiger partial charge < -0.3 is 9.47 Å². The Morgan fingerprint density at radius 1 is 1.18 bits per heavy atom. The monoisotopic (exact) mass is 385 g/mol. The van der Waals surface area contributed by atoms with Crippen molar-refractivity contribution >= 4 is 17.0 Å². The first-order valence-corrected chi connectivity index (χ1v) is 9.31. The van der Waals surface area contributed by atoms with E-state index in [-0.39, 0.29) is 30.9 Å². The van der Waals surface area contributed by atoms with E-state index in [4.69, 9.17) is 9.47 Å². The number of ether oxygens (including phenoxy) is 2. The summed E-state index contributed by atoms with van der Waals surface area (Å²) in [5, 5.41) is 5.02. The molecule has 0 aliphatic rings. The lowest BCUT2D eigenvalue weighted by Gasteiger charge is -2.12. The van der Waals surface area contributed by atoms with E-state index in [1.54, 1.807) is 29.1 Å². The van der Waals surface area contributed by atoms with Crippen molar-refractivity contribution in [2.75, 3.05) is 13.2 Å². The van der Waals surface area contributed by atoms with Gasteiger partial charge in [-0.3, -0.25) is 0 Å². The Kier molecular flexibility index (Phi) is 5.92. The Bertz CT molecular complexity index is 982. The number of fused-ring (bicyclic) bond motifs is 1. The first kappa shape index (κ1) is 19.8. The molecule has 6 nitrogen and oxygen atoms in total. The molecule has 3 aromatic rings. The second-order valence-corrected chi connectivity index (χ2v) is 7.08. The van der Waals surface area contributed by atoms with Crippen LogP contribution in [0.4, 0.5) is 4.39 Å². The Morgan fingerprint density at radius 2 is 1.93 bits per heavy atom.